The predicted molar refractivity (Wildman–Crippen MR) is 104 cm³/mol. The minimum atomic E-state index is -1.39. The molecule has 0 bridgehead atoms. The molecule has 1 amide bonds. The third kappa shape index (κ3) is 5.22. The number of carbonyl (C=O) groups is 3. The second-order valence-corrected chi connectivity index (χ2v) is 6.09. The smallest absolute Gasteiger partial charge is 0.326 e. The molecule has 0 radical (unpaired) electrons. The van der Waals surface area contributed by atoms with Gasteiger partial charge in [-0.2, -0.15) is 4.98 Å². The number of imidazole rings is 1. The first kappa shape index (κ1) is 21.0. The zero-order valence-electron chi connectivity index (χ0n) is 15.6. The highest BCUT2D eigenvalue weighted by atomic mass is 16.4. The van der Waals surface area contributed by atoms with Crippen molar-refractivity contribution in [2.24, 2.45) is 4.99 Å². The average Bonchev–Trinajstić information content (AvgIpc) is 3.18. The largest absolute Gasteiger partial charge is 0.481 e. The van der Waals surface area contributed by atoms with Crippen LogP contribution in [0.25, 0.3) is 11.2 Å². The van der Waals surface area contributed by atoms with Gasteiger partial charge in [0.25, 0.3) is 5.91 Å². The zero-order valence-corrected chi connectivity index (χ0v) is 15.6. The van der Waals surface area contributed by atoms with Crippen molar-refractivity contribution in [1.29, 1.82) is 0 Å². The molecule has 7 N–H and O–H groups in total. The molecule has 0 saturated carbocycles. The van der Waals surface area contributed by atoms with Crippen LogP contribution in [0.1, 0.15) is 29.2 Å². The van der Waals surface area contributed by atoms with Crippen LogP contribution in [-0.2, 0) is 9.59 Å². The summed E-state index contributed by atoms with van der Waals surface area (Å²) in [6.07, 6.45) is 3.07. The fourth-order valence-corrected chi connectivity index (χ4v) is 2.40. The number of hydrogen-bond acceptors (Lipinski definition) is 10. The molecular formula is C16H15N9O6. The van der Waals surface area contributed by atoms with Gasteiger partial charge >= 0.3 is 17.5 Å². The highest BCUT2D eigenvalue weighted by Gasteiger charge is 2.23. The molecule has 0 fully saturated rings. The first-order chi connectivity index (χ1) is 14.7. The number of carboxylic acid groups (broad SMARTS) is 2. The van der Waals surface area contributed by atoms with Crippen LogP contribution in [0.5, 0.6) is 0 Å². The number of carboxylic acids is 2. The average molecular weight is 429 g/mol. The van der Waals surface area contributed by atoms with Gasteiger partial charge in [0.05, 0.1) is 18.6 Å². The van der Waals surface area contributed by atoms with Crippen LogP contribution in [0.15, 0.2) is 22.2 Å². The van der Waals surface area contributed by atoms with E-state index in [9.17, 15) is 19.2 Å². The Morgan fingerprint density at radius 2 is 1.97 bits per heavy atom. The van der Waals surface area contributed by atoms with Gasteiger partial charge in [-0.05, 0) is 6.42 Å². The number of H-pyrrole nitrogens is 2. The van der Waals surface area contributed by atoms with E-state index in [0.717, 1.165) is 0 Å². The number of nitrogens with two attached hydrogens (primary N) is 1. The second kappa shape index (κ2) is 8.76. The second-order valence-electron chi connectivity index (χ2n) is 6.09. The number of fused-ring (bicyclic) bond motifs is 1. The predicted octanol–water partition coefficient (Wildman–Crippen LogP) is -1.18. The number of nitrogens with one attached hydrogen (secondary N) is 3. The maximum absolute atomic E-state index is 12.2. The van der Waals surface area contributed by atoms with Crippen molar-refractivity contribution in [2.45, 2.75) is 18.9 Å². The van der Waals surface area contributed by atoms with E-state index < -0.39 is 35.9 Å². The molecule has 0 saturated heterocycles. The van der Waals surface area contributed by atoms with Gasteiger partial charge in [-0.25, -0.2) is 24.7 Å². The summed E-state index contributed by atoms with van der Waals surface area (Å²) in [4.78, 5) is 70.4. The van der Waals surface area contributed by atoms with Gasteiger partial charge < -0.3 is 31.2 Å². The standard InChI is InChI=1S/C16H15N9O6/c17-16-24-11-10(13(28)25-16)21-6(4-19-11)3-18-8-5-20-12(23-8)14(29)22-7(15(30)31)1-2-9(26)27/h3-5,7H,1-2H2,(H,20,23)(H,22,29)(H,26,27)(H,30,31)(H3,17,19,24,25,28)/b18-3+. The Kier molecular flexibility index (Phi) is 5.95. The number of hydrogen-bond donors (Lipinski definition) is 6. The molecule has 3 aromatic heterocycles. The fraction of sp³-hybridized carbons (Fsp3) is 0.188. The molecule has 1 atom stereocenters. The van der Waals surface area contributed by atoms with Crippen LogP contribution in [0.3, 0.4) is 0 Å². The minimum Gasteiger partial charge on any atom is -0.481 e. The molecule has 0 aliphatic carbocycles. The third-order valence-corrected chi connectivity index (χ3v) is 3.83. The van der Waals surface area contributed by atoms with Crippen molar-refractivity contribution in [3.8, 4) is 0 Å². The van der Waals surface area contributed by atoms with Crippen LogP contribution in [0.4, 0.5) is 11.8 Å². The number of carbonyl (C=O) groups excluding carboxylic acids is 1. The number of nitrogens with zero attached hydrogens (tertiary/aromatic N) is 5. The van der Waals surface area contributed by atoms with E-state index in [1.54, 1.807) is 0 Å². The quantitative estimate of drug-likeness (QED) is 0.233. The summed E-state index contributed by atoms with van der Waals surface area (Å²) in [5.41, 5.74) is 5.11. The summed E-state index contributed by atoms with van der Waals surface area (Å²) in [6, 6.07) is -1.39. The SMILES string of the molecule is Nc1nc(=O)c2nc(/C=N/c3cnc(C(=O)NC(CCC(=O)O)C(=O)O)[nH]3)cnc2[nH]1. The molecule has 0 spiro atoms. The Bertz CT molecular complexity index is 1250. The van der Waals surface area contributed by atoms with E-state index in [4.69, 9.17) is 15.9 Å². The molecular weight excluding hydrogens is 414 g/mol. The maximum atomic E-state index is 12.2. The molecule has 3 aromatic rings. The molecule has 15 heteroatoms. The van der Waals surface area contributed by atoms with Crippen molar-refractivity contribution >= 4 is 47.0 Å². The van der Waals surface area contributed by atoms with Crippen molar-refractivity contribution in [2.75, 3.05) is 5.73 Å². The van der Waals surface area contributed by atoms with Crippen LogP contribution in [-0.4, -0.2) is 70.2 Å². The third-order valence-electron chi connectivity index (χ3n) is 3.83. The normalized spacial score (nSPS) is 12.1. The lowest BCUT2D eigenvalue weighted by molar-refractivity contribution is -0.140. The van der Waals surface area contributed by atoms with Crippen LogP contribution >= 0.6 is 0 Å². The minimum absolute atomic E-state index is 0.0381. The number of aliphatic carboxylic acids is 2. The summed E-state index contributed by atoms with van der Waals surface area (Å²) in [5.74, 6) is -3.60. The number of anilines is 1. The van der Waals surface area contributed by atoms with Gasteiger partial charge in [0.15, 0.2) is 17.0 Å². The van der Waals surface area contributed by atoms with Crippen LogP contribution < -0.4 is 16.6 Å². The summed E-state index contributed by atoms with van der Waals surface area (Å²) < 4.78 is 0. The first-order valence-electron chi connectivity index (χ1n) is 8.60. The van der Waals surface area contributed by atoms with Crippen molar-refractivity contribution < 1.29 is 24.6 Å². The van der Waals surface area contributed by atoms with Crippen molar-refractivity contribution in [3.63, 3.8) is 0 Å². The Morgan fingerprint density at radius 3 is 2.68 bits per heavy atom. The van der Waals surface area contributed by atoms with E-state index in [1.165, 1.54) is 18.6 Å². The lowest BCUT2D eigenvalue weighted by atomic mass is 10.1. The summed E-state index contributed by atoms with van der Waals surface area (Å²) in [5, 5.41) is 19.9. The van der Waals surface area contributed by atoms with Gasteiger partial charge in [0, 0.05) is 6.42 Å². The molecule has 1 unspecified atom stereocenters. The summed E-state index contributed by atoms with van der Waals surface area (Å²) in [7, 11) is 0. The number of aromatic amines is 2. The lowest BCUT2D eigenvalue weighted by Gasteiger charge is -2.12. The van der Waals surface area contributed by atoms with Gasteiger partial charge in [-0.15, -0.1) is 0 Å². The molecule has 31 heavy (non-hydrogen) atoms. The number of rotatable bonds is 8. The van der Waals surface area contributed by atoms with E-state index in [-0.39, 0.29) is 40.9 Å². The zero-order chi connectivity index (χ0) is 22.5. The molecule has 0 aliphatic rings. The Morgan fingerprint density at radius 1 is 1.19 bits per heavy atom. The van der Waals surface area contributed by atoms with E-state index in [1.807, 2.05) is 0 Å². The monoisotopic (exact) mass is 429 g/mol. The highest BCUT2D eigenvalue weighted by molar-refractivity contribution is 5.94. The van der Waals surface area contributed by atoms with Crippen molar-refractivity contribution in [3.05, 3.63) is 34.3 Å². The Labute approximate surface area is 171 Å². The van der Waals surface area contributed by atoms with E-state index in [2.05, 4.69) is 40.2 Å². The van der Waals surface area contributed by atoms with Crippen LogP contribution in [0.2, 0.25) is 0 Å². The first-order valence-corrected chi connectivity index (χ1v) is 8.60. The Balaban J connectivity index is 1.71. The topological polar surface area (TPSA) is 242 Å². The molecule has 0 aliphatic heterocycles. The highest BCUT2D eigenvalue weighted by Crippen LogP contribution is 2.09. The van der Waals surface area contributed by atoms with Crippen molar-refractivity contribution in [1.82, 2.24) is 35.2 Å². The number of aliphatic imine (C=N–C) groups is 1. The van der Waals surface area contributed by atoms with Crippen LogP contribution in [0, 0.1) is 0 Å². The van der Waals surface area contributed by atoms with Gasteiger partial charge in [0.1, 0.15) is 17.6 Å². The van der Waals surface area contributed by atoms with Gasteiger partial charge in [-0.1, -0.05) is 0 Å². The van der Waals surface area contributed by atoms with Gasteiger partial charge in [-0.3, -0.25) is 14.4 Å². The lowest BCUT2D eigenvalue weighted by Crippen LogP contribution is -2.41. The number of nitrogen functional groups attached to an aromatic ring is 1. The molecule has 160 valence electrons. The van der Waals surface area contributed by atoms with E-state index in [0.29, 0.717) is 0 Å². The Hall–Kier alpha value is -4.69. The number of amides is 1. The maximum Gasteiger partial charge on any atom is 0.326 e. The number of aromatic nitrogens is 6. The molecule has 3 heterocycles. The van der Waals surface area contributed by atoms with Gasteiger partial charge in [0.2, 0.25) is 5.95 Å². The summed E-state index contributed by atoms with van der Waals surface area (Å²) in [6.45, 7) is 0. The molecule has 0 aromatic carbocycles. The molecule has 3 rings (SSSR count). The fourth-order valence-electron chi connectivity index (χ4n) is 2.40. The summed E-state index contributed by atoms with van der Waals surface area (Å²) >= 11 is 0. The molecule has 15 nitrogen and oxygen atoms in total. The van der Waals surface area contributed by atoms with E-state index >= 15 is 0 Å².